The van der Waals surface area contributed by atoms with Crippen molar-refractivity contribution in [3.8, 4) is 0 Å². The van der Waals surface area contributed by atoms with Crippen molar-refractivity contribution in [2.45, 2.75) is 12.3 Å². The van der Waals surface area contributed by atoms with Crippen LogP contribution in [0.15, 0.2) is 65.3 Å². The van der Waals surface area contributed by atoms with Crippen LogP contribution in [0.1, 0.15) is 21.7 Å². The largest absolute Gasteiger partial charge is 0.467 e. The van der Waals surface area contributed by atoms with Crippen LogP contribution in [0, 0.1) is 0 Å². The molecule has 2 aromatic carbocycles. The lowest BCUT2D eigenvalue weighted by Crippen LogP contribution is -2.25. The van der Waals surface area contributed by atoms with Crippen molar-refractivity contribution in [1.29, 1.82) is 0 Å². The summed E-state index contributed by atoms with van der Waals surface area (Å²) in [7, 11) is -3.86. The summed E-state index contributed by atoms with van der Waals surface area (Å²) in [5.74, 6) is -0.279. The Labute approximate surface area is 172 Å². The molecule has 0 fully saturated rings. The molecule has 0 saturated carbocycles. The van der Waals surface area contributed by atoms with Crippen molar-refractivity contribution >= 4 is 44.8 Å². The second kappa shape index (κ2) is 8.68. The van der Waals surface area contributed by atoms with Gasteiger partial charge < -0.3 is 9.73 Å². The van der Waals surface area contributed by atoms with E-state index < -0.39 is 21.7 Å². The molecule has 1 heterocycles. The molecular weight excluding hydrogens is 423 g/mol. The molecule has 0 spiro atoms. The summed E-state index contributed by atoms with van der Waals surface area (Å²) >= 11 is 12.1. The second-order valence-electron chi connectivity index (χ2n) is 5.87. The molecule has 146 valence electrons. The van der Waals surface area contributed by atoms with Crippen LogP contribution < -0.4 is 10.0 Å². The molecule has 0 unspecified atom stereocenters. The number of anilines is 1. The van der Waals surface area contributed by atoms with Crippen molar-refractivity contribution in [3.05, 3.63) is 87.8 Å². The molecule has 0 aliphatic carbocycles. The van der Waals surface area contributed by atoms with Gasteiger partial charge in [-0.2, -0.15) is 0 Å². The predicted octanol–water partition coefficient (Wildman–Crippen LogP) is 4.46. The van der Waals surface area contributed by atoms with E-state index in [0.717, 1.165) is 0 Å². The van der Waals surface area contributed by atoms with E-state index in [1.165, 1.54) is 18.4 Å². The van der Waals surface area contributed by atoms with Crippen LogP contribution >= 0.6 is 23.2 Å². The molecule has 1 amide bonds. The maximum Gasteiger partial charge on any atom is 0.253 e. The summed E-state index contributed by atoms with van der Waals surface area (Å²) < 4.78 is 32.8. The van der Waals surface area contributed by atoms with Crippen molar-refractivity contribution in [2.24, 2.45) is 0 Å². The highest BCUT2D eigenvalue weighted by molar-refractivity contribution is 7.91. The lowest BCUT2D eigenvalue weighted by Gasteiger charge is -2.13. The van der Waals surface area contributed by atoms with Crippen molar-refractivity contribution < 1.29 is 17.6 Å². The van der Waals surface area contributed by atoms with Crippen LogP contribution in [0.2, 0.25) is 10.0 Å². The van der Waals surface area contributed by atoms with Crippen molar-refractivity contribution in [2.75, 3.05) is 4.72 Å². The van der Waals surface area contributed by atoms with Gasteiger partial charge in [-0.1, -0.05) is 41.4 Å². The number of para-hydroxylation sites is 1. The second-order valence-corrected chi connectivity index (χ2v) is 8.41. The maximum atomic E-state index is 12.6. The molecule has 2 N–H and O–H groups in total. The molecule has 0 saturated heterocycles. The van der Waals surface area contributed by atoms with Crippen LogP contribution in [-0.2, 0) is 22.3 Å². The van der Waals surface area contributed by atoms with Gasteiger partial charge in [-0.25, -0.2) is 8.42 Å². The first-order chi connectivity index (χ1) is 13.4. The van der Waals surface area contributed by atoms with Gasteiger partial charge in [-0.05, 0) is 36.4 Å². The lowest BCUT2D eigenvalue weighted by atomic mass is 10.1. The van der Waals surface area contributed by atoms with E-state index >= 15 is 0 Å². The first kappa shape index (κ1) is 20.3. The zero-order chi connectivity index (χ0) is 20.1. The minimum Gasteiger partial charge on any atom is -0.467 e. The van der Waals surface area contributed by atoms with Gasteiger partial charge in [0.1, 0.15) is 5.76 Å². The summed E-state index contributed by atoms with van der Waals surface area (Å²) in [6, 6.07) is 14.5. The summed E-state index contributed by atoms with van der Waals surface area (Å²) in [4.78, 5) is 12.5. The van der Waals surface area contributed by atoms with Gasteiger partial charge in [0.15, 0.2) is 0 Å². The fourth-order valence-electron chi connectivity index (χ4n) is 2.51. The zero-order valence-corrected chi connectivity index (χ0v) is 16.8. The van der Waals surface area contributed by atoms with Gasteiger partial charge in [0.25, 0.3) is 5.91 Å². The van der Waals surface area contributed by atoms with Gasteiger partial charge in [0, 0.05) is 15.6 Å². The SMILES string of the molecule is O=C(NCc1ccco1)c1ccccc1NS(=O)(=O)Cc1c(Cl)cccc1Cl. The van der Waals surface area contributed by atoms with Crippen molar-refractivity contribution in [1.82, 2.24) is 5.32 Å². The molecule has 6 nitrogen and oxygen atoms in total. The molecule has 1 aromatic heterocycles. The van der Waals surface area contributed by atoms with E-state index in [2.05, 4.69) is 10.0 Å². The molecule has 0 aliphatic heterocycles. The Hall–Kier alpha value is -2.48. The number of hydrogen-bond acceptors (Lipinski definition) is 4. The third-order valence-corrected chi connectivity index (χ3v) is 5.74. The maximum absolute atomic E-state index is 12.6. The zero-order valence-electron chi connectivity index (χ0n) is 14.5. The lowest BCUT2D eigenvalue weighted by molar-refractivity contribution is 0.0949. The molecule has 0 aliphatic rings. The highest BCUT2D eigenvalue weighted by Crippen LogP contribution is 2.27. The third-order valence-electron chi connectivity index (χ3n) is 3.84. The molecule has 9 heteroatoms. The number of sulfonamides is 1. The Kier molecular flexibility index (Phi) is 6.28. The number of halogens is 2. The number of carbonyl (C=O) groups excluding carboxylic acids is 1. The number of nitrogens with one attached hydrogen (secondary N) is 2. The van der Waals surface area contributed by atoms with Gasteiger partial charge >= 0.3 is 0 Å². The summed E-state index contributed by atoms with van der Waals surface area (Å²) in [5, 5.41) is 3.19. The van der Waals surface area contributed by atoms with E-state index in [1.807, 2.05) is 0 Å². The van der Waals surface area contributed by atoms with Gasteiger partial charge in [0.2, 0.25) is 10.0 Å². The molecular formula is C19H16Cl2N2O4S. The number of rotatable bonds is 7. The minimum atomic E-state index is -3.86. The predicted molar refractivity (Wildman–Crippen MR) is 109 cm³/mol. The summed E-state index contributed by atoms with van der Waals surface area (Å²) in [6.45, 7) is 0.183. The first-order valence-electron chi connectivity index (χ1n) is 8.19. The van der Waals surface area contributed by atoms with E-state index in [9.17, 15) is 13.2 Å². The highest BCUT2D eigenvalue weighted by atomic mass is 35.5. The fraction of sp³-hybridized carbons (Fsp3) is 0.105. The topological polar surface area (TPSA) is 88.4 Å². The Balaban J connectivity index is 1.77. The average Bonchev–Trinajstić information content (AvgIpc) is 3.17. The first-order valence-corrected chi connectivity index (χ1v) is 10.6. The normalized spacial score (nSPS) is 11.2. The fourth-order valence-corrected chi connectivity index (χ4v) is 4.48. The molecule has 0 bridgehead atoms. The van der Waals surface area contributed by atoms with E-state index in [1.54, 1.807) is 42.5 Å². The van der Waals surface area contributed by atoms with Gasteiger partial charge in [-0.3, -0.25) is 9.52 Å². The molecule has 0 atom stereocenters. The van der Waals surface area contributed by atoms with Gasteiger partial charge in [0.05, 0.1) is 29.8 Å². The van der Waals surface area contributed by atoms with E-state index in [-0.39, 0.29) is 33.4 Å². The Morgan fingerprint density at radius 3 is 2.36 bits per heavy atom. The van der Waals surface area contributed by atoms with Crippen LogP contribution in [0.25, 0.3) is 0 Å². The third kappa shape index (κ3) is 5.07. The number of hydrogen-bond donors (Lipinski definition) is 2. The van der Waals surface area contributed by atoms with E-state index in [0.29, 0.717) is 5.76 Å². The summed E-state index contributed by atoms with van der Waals surface area (Å²) in [6.07, 6.45) is 1.50. The summed E-state index contributed by atoms with van der Waals surface area (Å²) in [5.41, 5.74) is 0.628. The Bertz CT molecular complexity index is 1060. The van der Waals surface area contributed by atoms with Crippen LogP contribution in [0.3, 0.4) is 0 Å². The van der Waals surface area contributed by atoms with Crippen LogP contribution in [0.4, 0.5) is 5.69 Å². The molecule has 3 rings (SSSR count). The smallest absolute Gasteiger partial charge is 0.253 e. The molecule has 0 radical (unpaired) electrons. The van der Waals surface area contributed by atoms with Crippen molar-refractivity contribution in [3.63, 3.8) is 0 Å². The monoisotopic (exact) mass is 438 g/mol. The number of amides is 1. The Morgan fingerprint density at radius 2 is 1.68 bits per heavy atom. The quantitative estimate of drug-likeness (QED) is 0.569. The Morgan fingerprint density at radius 1 is 0.964 bits per heavy atom. The standard InChI is InChI=1S/C19H16Cl2N2O4S/c20-16-7-3-8-17(21)15(16)12-28(25,26)23-18-9-2-1-6-14(18)19(24)22-11-13-5-4-10-27-13/h1-10,23H,11-12H2,(H,22,24). The molecule has 3 aromatic rings. The number of carbonyl (C=O) groups is 1. The number of benzene rings is 2. The molecule has 28 heavy (non-hydrogen) atoms. The number of furan rings is 1. The van der Waals surface area contributed by atoms with E-state index in [4.69, 9.17) is 27.6 Å². The van der Waals surface area contributed by atoms with Gasteiger partial charge in [-0.15, -0.1) is 0 Å². The minimum absolute atomic E-state index is 0.155. The van der Waals surface area contributed by atoms with Crippen LogP contribution in [0.5, 0.6) is 0 Å². The highest BCUT2D eigenvalue weighted by Gasteiger charge is 2.20. The average molecular weight is 439 g/mol. The van der Waals surface area contributed by atoms with Crippen LogP contribution in [-0.4, -0.2) is 14.3 Å².